The molecule has 0 fully saturated rings. The van der Waals surface area contributed by atoms with E-state index in [1.165, 1.54) is 11.3 Å². The summed E-state index contributed by atoms with van der Waals surface area (Å²) in [6, 6.07) is 3.47. The molecular weight excluding hydrogens is 220 g/mol. The molecule has 0 saturated heterocycles. The number of tetrazole rings is 1. The SMILES string of the molecule is O=C(O)Cn1nnn(-c2cccs2)c1=O. The zero-order valence-corrected chi connectivity index (χ0v) is 8.22. The van der Waals surface area contributed by atoms with Crippen LogP contribution in [0.3, 0.4) is 0 Å². The van der Waals surface area contributed by atoms with Crippen LogP contribution in [-0.2, 0) is 11.3 Å². The van der Waals surface area contributed by atoms with Gasteiger partial charge in [0.15, 0.2) is 0 Å². The average Bonchev–Trinajstić information content (AvgIpc) is 2.76. The molecule has 0 saturated carbocycles. The monoisotopic (exact) mass is 226 g/mol. The molecule has 2 rings (SSSR count). The molecule has 0 radical (unpaired) electrons. The molecule has 0 unspecified atom stereocenters. The third-order valence-electron chi connectivity index (χ3n) is 1.64. The highest BCUT2D eigenvalue weighted by atomic mass is 32.1. The molecule has 2 aromatic rings. The van der Waals surface area contributed by atoms with Crippen LogP contribution < -0.4 is 5.69 Å². The number of rotatable bonds is 3. The lowest BCUT2D eigenvalue weighted by Gasteiger charge is -1.91. The molecule has 0 aliphatic heterocycles. The van der Waals surface area contributed by atoms with Crippen molar-refractivity contribution >= 4 is 17.3 Å². The largest absolute Gasteiger partial charge is 0.480 e. The summed E-state index contributed by atoms with van der Waals surface area (Å²) >= 11 is 1.32. The molecule has 2 heterocycles. The molecule has 15 heavy (non-hydrogen) atoms. The highest BCUT2D eigenvalue weighted by Crippen LogP contribution is 2.10. The van der Waals surface area contributed by atoms with E-state index in [0.29, 0.717) is 5.00 Å². The van der Waals surface area contributed by atoms with Crippen LogP contribution in [0.5, 0.6) is 0 Å². The Kier molecular flexibility index (Phi) is 2.34. The maximum absolute atomic E-state index is 11.5. The van der Waals surface area contributed by atoms with Crippen LogP contribution in [0.4, 0.5) is 0 Å². The van der Waals surface area contributed by atoms with Crippen LogP contribution in [0.15, 0.2) is 22.3 Å². The number of aromatic nitrogens is 4. The number of hydrogen-bond acceptors (Lipinski definition) is 5. The summed E-state index contributed by atoms with van der Waals surface area (Å²) in [5.41, 5.74) is -0.556. The molecule has 2 aromatic heterocycles. The summed E-state index contributed by atoms with van der Waals surface area (Å²) in [4.78, 5) is 21.9. The van der Waals surface area contributed by atoms with Gasteiger partial charge in [-0.2, -0.15) is 9.36 Å². The van der Waals surface area contributed by atoms with Gasteiger partial charge in [-0.3, -0.25) is 4.79 Å². The molecule has 0 aliphatic carbocycles. The molecular formula is C7H6N4O3S. The van der Waals surface area contributed by atoms with Crippen molar-refractivity contribution in [1.82, 2.24) is 19.8 Å². The normalized spacial score (nSPS) is 10.4. The Labute approximate surface area is 87.2 Å². The summed E-state index contributed by atoms with van der Waals surface area (Å²) < 4.78 is 1.86. The molecule has 0 spiro atoms. The minimum absolute atomic E-state index is 0.482. The van der Waals surface area contributed by atoms with Gasteiger partial charge in [-0.15, -0.1) is 11.3 Å². The first kappa shape index (κ1) is 9.59. The number of hydrogen-bond donors (Lipinski definition) is 1. The van der Waals surface area contributed by atoms with Gasteiger partial charge in [-0.25, -0.2) is 4.79 Å². The smallest absolute Gasteiger partial charge is 0.369 e. The van der Waals surface area contributed by atoms with E-state index in [-0.39, 0.29) is 0 Å². The fourth-order valence-electron chi connectivity index (χ4n) is 1.03. The Morgan fingerprint density at radius 2 is 2.33 bits per heavy atom. The van der Waals surface area contributed by atoms with Gasteiger partial charge in [-0.1, -0.05) is 0 Å². The fourth-order valence-corrected chi connectivity index (χ4v) is 1.70. The van der Waals surface area contributed by atoms with Gasteiger partial charge in [0, 0.05) is 0 Å². The number of aliphatic carboxylic acids is 1. The zero-order valence-electron chi connectivity index (χ0n) is 7.40. The summed E-state index contributed by atoms with van der Waals surface area (Å²) in [5, 5.41) is 17.9. The van der Waals surface area contributed by atoms with Crippen molar-refractivity contribution in [2.75, 3.05) is 0 Å². The first-order chi connectivity index (χ1) is 7.18. The predicted molar refractivity (Wildman–Crippen MR) is 51.1 cm³/mol. The Balaban J connectivity index is 2.41. The second-order valence-electron chi connectivity index (χ2n) is 2.68. The van der Waals surface area contributed by atoms with E-state index >= 15 is 0 Å². The number of carboxylic acids is 1. The Hall–Kier alpha value is -1.96. The molecule has 0 aromatic carbocycles. The topological polar surface area (TPSA) is 90.0 Å². The van der Waals surface area contributed by atoms with Crippen molar-refractivity contribution in [1.29, 1.82) is 0 Å². The summed E-state index contributed by atoms with van der Waals surface area (Å²) in [6.45, 7) is -0.482. The zero-order chi connectivity index (χ0) is 10.8. The quantitative estimate of drug-likeness (QED) is 0.767. The lowest BCUT2D eigenvalue weighted by molar-refractivity contribution is -0.138. The van der Waals surface area contributed by atoms with Crippen LogP contribution >= 0.6 is 11.3 Å². The Morgan fingerprint density at radius 3 is 2.93 bits per heavy atom. The van der Waals surface area contributed by atoms with Crippen LogP contribution in [0.1, 0.15) is 0 Å². The second-order valence-corrected chi connectivity index (χ2v) is 3.60. The van der Waals surface area contributed by atoms with E-state index in [1.54, 1.807) is 17.5 Å². The van der Waals surface area contributed by atoms with Gasteiger partial charge in [0.25, 0.3) is 0 Å². The van der Waals surface area contributed by atoms with E-state index in [9.17, 15) is 9.59 Å². The minimum atomic E-state index is -1.13. The highest BCUT2D eigenvalue weighted by Gasteiger charge is 2.11. The Bertz CT molecular complexity index is 527. The minimum Gasteiger partial charge on any atom is -0.480 e. The maximum atomic E-state index is 11.5. The van der Waals surface area contributed by atoms with Crippen molar-refractivity contribution in [3.63, 3.8) is 0 Å². The molecule has 0 bridgehead atoms. The van der Waals surface area contributed by atoms with Gasteiger partial charge in [0.05, 0.1) is 0 Å². The fraction of sp³-hybridized carbons (Fsp3) is 0.143. The molecule has 0 atom stereocenters. The van der Waals surface area contributed by atoms with Crippen LogP contribution in [0, 0.1) is 0 Å². The predicted octanol–water partition coefficient (Wildman–Crippen LogP) is -0.425. The summed E-state index contributed by atoms with van der Waals surface area (Å²) in [5.74, 6) is -1.13. The van der Waals surface area contributed by atoms with Gasteiger partial charge < -0.3 is 5.11 Å². The molecule has 0 aliphatic rings. The van der Waals surface area contributed by atoms with Crippen LogP contribution in [0.2, 0.25) is 0 Å². The third kappa shape index (κ3) is 1.79. The van der Waals surface area contributed by atoms with E-state index in [4.69, 9.17) is 5.11 Å². The first-order valence-electron chi connectivity index (χ1n) is 3.97. The van der Waals surface area contributed by atoms with Crippen LogP contribution in [0.25, 0.3) is 5.00 Å². The lowest BCUT2D eigenvalue weighted by Crippen LogP contribution is -2.26. The van der Waals surface area contributed by atoms with Gasteiger partial charge in [0.2, 0.25) is 0 Å². The van der Waals surface area contributed by atoms with Gasteiger partial charge >= 0.3 is 11.7 Å². The van der Waals surface area contributed by atoms with Crippen molar-refractivity contribution in [2.45, 2.75) is 6.54 Å². The van der Waals surface area contributed by atoms with E-state index in [2.05, 4.69) is 10.4 Å². The average molecular weight is 226 g/mol. The van der Waals surface area contributed by atoms with E-state index in [1.807, 2.05) is 0 Å². The van der Waals surface area contributed by atoms with Crippen molar-refractivity contribution in [2.24, 2.45) is 0 Å². The van der Waals surface area contributed by atoms with Crippen molar-refractivity contribution in [3.8, 4) is 5.00 Å². The third-order valence-corrected chi connectivity index (χ3v) is 2.48. The first-order valence-corrected chi connectivity index (χ1v) is 4.85. The number of nitrogens with zero attached hydrogens (tertiary/aromatic N) is 4. The standard InChI is InChI=1S/C7H6N4O3S/c12-6(13)4-10-7(14)11(9-8-10)5-2-1-3-15-5/h1-3H,4H2,(H,12,13). The van der Waals surface area contributed by atoms with Gasteiger partial charge in [-0.05, 0) is 27.9 Å². The Morgan fingerprint density at radius 1 is 1.53 bits per heavy atom. The molecule has 8 heteroatoms. The number of carbonyl (C=O) groups is 1. The molecule has 1 N–H and O–H groups in total. The maximum Gasteiger partial charge on any atom is 0.369 e. The molecule has 0 amide bonds. The lowest BCUT2D eigenvalue weighted by atomic mass is 10.6. The number of carboxylic acid groups (broad SMARTS) is 1. The highest BCUT2D eigenvalue weighted by molar-refractivity contribution is 7.12. The van der Waals surface area contributed by atoms with Crippen molar-refractivity contribution < 1.29 is 9.90 Å². The molecule has 78 valence electrons. The number of thiophene rings is 1. The van der Waals surface area contributed by atoms with Crippen LogP contribution in [-0.4, -0.2) is 30.9 Å². The van der Waals surface area contributed by atoms with E-state index < -0.39 is 18.2 Å². The van der Waals surface area contributed by atoms with E-state index in [0.717, 1.165) is 9.36 Å². The summed E-state index contributed by atoms with van der Waals surface area (Å²) in [7, 11) is 0. The molecule has 7 nitrogen and oxygen atoms in total. The second kappa shape index (κ2) is 3.65. The van der Waals surface area contributed by atoms with Crippen molar-refractivity contribution in [3.05, 3.63) is 28.0 Å². The summed E-state index contributed by atoms with van der Waals surface area (Å²) in [6.07, 6.45) is 0. The van der Waals surface area contributed by atoms with Gasteiger partial charge in [0.1, 0.15) is 11.5 Å².